The Morgan fingerprint density at radius 1 is 1.24 bits per heavy atom. The Morgan fingerprint density at radius 2 is 2.00 bits per heavy atom. The van der Waals surface area contributed by atoms with E-state index in [1.807, 2.05) is 0 Å². The maximum Gasteiger partial charge on any atom is 0.0496 e. The number of para-hydroxylation sites is 1. The van der Waals surface area contributed by atoms with Crippen molar-refractivity contribution in [2.75, 3.05) is 18.0 Å². The number of nitrogens with zero attached hydrogens (tertiary/aromatic N) is 1. The van der Waals surface area contributed by atoms with Crippen LogP contribution in [-0.2, 0) is 6.42 Å². The van der Waals surface area contributed by atoms with Gasteiger partial charge >= 0.3 is 0 Å². The van der Waals surface area contributed by atoms with Gasteiger partial charge in [-0.3, -0.25) is 0 Å². The minimum Gasteiger partial charge on any atom is -0.364 e. The molecule has 0 saturated heterocycles. The average molecular weight is 288 g/mol. The molecule has 2 atom stereocenters. The summed E-state index contributed by atoms with van der Waals surface area (Å²) in [5, 5.41) is 0. The van der Waals surface area contributed by atoms with Crippen LogP contribution in [0.5, 0.6) is 0 Å². The predicted octanol–water partition coefficient (Wildman–Crippen LogP) is 4.37. The summed E-state index contributed by atoms with van der Waals surface area (Å²) >= 11 is 0. The molecule has 0 aliphatic carbocycles. The normalized spacial score (nSPS) is 21.0. The summed E-state index contributed by atoms with van der Waals surface area (Å²) in [6.45, 7) is 8.86. The van der Waals surface area contributed by atoms with Crippen LogP contribution in [0.3, 0.4) is 0 Å². The molecule has 2 rings (SSSR count). The molecule has 0 amide bonds. The Labute approximate surface area is 130 Å². The van der Waals surface area contributed by atoms with Crippen LogP contribution in [-0.4, -0.2) is 18.6 Å². The summed E-state index contributed by atoms with van der Waals surface area (Å²) in [4.78, 5) is 2.60. The van der Waals surface area contributed by atoms with Gasteiger partial charge in [0, 0.05) is 24.3 Å². The number of rotatable bonds is 7. The number of unbranched alkanes of at least 4 members (excludes halogenated alkanes) is 3. The number of anilines is 1. The van der Waals surface area contributed by atoms with Crippen LogP contribution in [0, 0.1) is 5.92 Å². The van der Waals surface area contributed by atoms with Crippen LogP contribution >= 0.6 is 0 Å². The van der Waals surface area contributed by atoms with Crippen molar-refractivity contribution in [1.29, 1.82) is 0 Å². The molecule has 0 aromatic heterocycles. The van der Waals surface area contributed by atoms with E-state index in [0.717, 1.165) is 13.1 Å². The van der Waals surface area contributed by atoms with Gasteiger partial charge in [0.2, 0.25) is 0 Å². The summed E-state index contributed by atoms with van der Waals surface area (Å²) in [6.07, 6.45) is 7.65. The van der Waals surface area contributed by atoms with E-state index in [1.54, 1.807) is 0 Å². The topological polar surface area (TPSA) is 29.3 Å². The SMILES string of the molecule is CCCCCCC(C)(CN)N1CC(C)Cc2ccccc21. The highest BCUT2D eigenvalue weighted by molar-refractivity contribution is 5.57. The molecule has 2 N–H and O–H groups in total. The number of hydrogen-bond donors (Lipinski definition) is 1. The third kappa shape index (κ3) is 3.79. The fourth-order valence-corrected chi connectivity index (χ4v) is 3.59. The zero-order valence-electron chi connectivity index (χ0n) is 14.1. The fraction of sp³-hybridized carbons (Fsp3) is 0.684. The van der Waals surface area contributed by atoms with E-state index in [-0.39, 0.29) is 5.54 Å². The molecule has 21 heavy (non-hydrogen) atoms. The highest BCUT2D eigenvalue weighted by atomic mass is 15.2. The van der Waals surface area contributed by atoms with E-state index >= 15 is 0 Å². The third-order valence-electron chi connectivity index (χ3n) is 5.01. The Morgan fingerprint density at radius 3 is 2.71 bits per heavy atom. The molecule has 0 bridgehead atoms. The van der Waals surface area contributed by atoms with Crippen molar-refractivity contribution in [3.8, 4) is 0 Å². The van der Waals surface area contributed by atoms with Gasteiger partial charge < -0.3 is 10.6 Å². The lowest BCUT2D eigenvalue weighted by Crippen LogP contribution is -2.55. The monoisotopic (exact) mass is 288 g/mol. The molecule has 0 radical (unpaired) electrons. The first-order valence-electron chi connectivity index (χ1n) is 8.66. The summed E-state index contributed by atoms with van der Waals surface area (Å²) in [5.41, 5.74) is 9.22. The standard InChI is InChI=1S/C19H32N2/c1-4-5-6-9-12-19(3,15-20)21-14-16(2)13-17-10-7-8-11-18(17)21/h7-8,10-11,16H,4-6,9,12-15,20H2,1-3H3. The molecule has 118 valence electrons. The second-order valence-electron chi connectivity index (χ2n) is 7.06. The molecule has 1 heterocycles. The molecular weight excluding hydrogens is 256 g/mol. The Balaban J connectivity index is 2.17. The van der Waals surface area contributed by atoms with Gasteiger partial charge in [0.25, 0.3) is 0 Å². The lowest BCUT2D eigenvalue weighted by atomic mass is 9.85. The van der Waals surface area contributed by atoms with Crippen molar-refractivity contribution in [3.63, 3.8) is 0 Å². The number of fused-ring (bicyclic) bond motifs is 1. The molecule has 0 spiro atoms. The number of nitrogens with two attached hydrogens (primary N) is 1. The molecule has 1 aromatic rings. The van der Waals surface area contributed by atoms with E-state index in [2.05, 4.69) is 49.9 Å². The van der Waals surface area contributed by atoms with Gasteiger partial charge in [0.1, 0.15) is 0 Å². The molecule has 0 fully saturated rings. The molecule has 2 nitrogen and oxygen atoms in total. The van der Waals surface area contributed by atoms with Gasteiger partial charge in [-0.1, -0.05) is 57.7 Å². The van der Waals surface area contributed by atoms with Crippen LogP contribution in [0.1, 0.15) is 58.4 Å². The molecule has 2 unspecified atom stereocenters. The van der Waals surface area contributed by atoms with E-state index in [1.165, 1.54) is 49.8 Å². The van der Waals surface area contributed by atoms with Crippen molar-refractivity contribution in [3.05, 3.63) is 29.8 Å². The molecule has 1 aliphatic rings. The van der Waals surface area contributed by atoms with Crippen LogP contribution in [0.25, 0.3) is 0 Å². The molecular formula is C19H32N2. The molecule has 2 heteroatoms. The quantitative estimate of drug-likeness (QED) is 0.755. The lowest BCUT2D eigenvalue weighted by Gasteiger charge is -2.47. The van der Waals surface area contributed by atoms with Crippen LogP contribution in [0.2, 0.25) is 0 Å². The predicted molar refractivity (Wildman–Crippen MR) is 92.9 cm³/mol. The van der Waals surface area contributed by atoms with Crippen molar-refractivity contribution in [1.82, 2.24) is 0 Å². The average Bonchev–Trinajstić information content (AvgIpc) is 2.50. The van der Waals surface area contributed by atoms with E-state index in [9.17, 15) is 0 Å². The van der Waals surface area contributed by atoms with Gasteiger partial charge in [-0.2, -0.15) is 0 Å². The Hall–Kier alpha value is -1.02. The first kappa shape index (κ1) is 16.4. The zero-order chi connectivity index (χ0) is 15.3. The third-order valence-corrected chi connectivity index (χ3v) is 5.01. The number of hydrogen-bond acceptors (Lipinski definition) is 2. The van der Waals surface area contributed by atoms with E-state index in [0.29, 0.717) is 5.92 Å². The minimum atomic E-state index is 0.0958. The van der Waals surface area contributed by atoms with E-state index in [4.69, 9.17) is 5.73 Å². The zero-order valence-corrected chi connectivity index (χ0v) is 14.1. The Kier molecular flexibility index (Phi) is 5.69. The maximum atomic E-state index is 6.21. The largest absolute Gasteiger partial charge is 0.364 e. The van der Waals surface area contributed by atoms with Crippen LogP contribution < -0.4 is 10.6 Å². The lowest BCUT2D eigenvalue weighted by molar-refractivity contribution is 0.350. The second-order valence-corrected chi connectivity index (χ2v) is 7.06. The second kappa shape index (κ2) is 7.31. The van der Waals surface area contributed by atoms with Crippen LogP contribution in [0.4, 0.5) is 5.69 Å². The van der Waals surface area contributed by atoms with Crippen LogP contribution in [0.15, 0.2) is 24.3 Å². The van der Waals surface area contributed by atoms with Gasteiger partial charge in [-0.25, -0.2) is 0 Å². The first-order valence-corrected chi connectivity index (χ1v) is 8.66. The highest BCUT2D eigenvalue weighted by Crippen LogP contribution is 2.36. The van der Waals surface area contributed by atoms with Crippen molar-refractivity contribution >= 4 is 5.69 Å². The Bertz CT molecular complexity index is 443. The minimum absolute atomic E-state index is 0.0958. The molecule has 0 saturated carbocycles. The smallest absolute Gasteiger partial charge is 0.0496 e. The highest BCUT2D eigenvalue weighted by Gasteiger charge is 2.34. The molecule has 1 aliphatic heterocycles. The van der Waals surface area contributed by atoms with Gasteiger partial charge in [-0.15, -0.1) is 0 Å². The van der Waals surface area contributed by atoms with Crippen molar-refractivity contribution < 1.29 is 0 Å². The van der Waals surface area contributed by atoms with E-state index < -0.39 is 0 Å². The van der Waals surface area contributed by atoms with Crippen molar-refractivity contribution in [2.24, 2.45) is 11.7 Å². The van der Waals surface area contributed by atoms with Gasteiger partial charge in [-0.05, 0) is 37.3 Å². The first-order chi connectivity index (χ1) is 10.1. The van der Waals surface area contributed by atoms with Gasteiger partial charge in [0.05, 0.1) is 0 Å². The summed E-state index contributed by atoms with van der Waals surface area (Å²) < 4.78 is 0. The van der Waals surface area contributed by atoms with Gasteiger partial charge in [0.15, 0.2) is 0 Å². The maximum absolute atomic E-state index is 6.21. The summed E-state index contributed by atoms with van der Waals surface area (Å²) in [7, 11) is 0. The summed E-state index contributed by atoms with van der Waals surface area (Å²) in [6, 6.07) is 8.89. The number of benzene rings is 1. The summed E-state index contributed by atoms with van der Waals surface area (Å²) in [5.74, 6) is 0.710. The van der Waals surface area contributed by atoms with Crippen molar-refractivity contribution in [2.45, 2.75) is 64.8 Å². The fourth-order valence-electron chi connectivity index (χ4n) is 3.59. The molecule has 1 aromatic carbocycles.